The second-order valence-electron chi connectivity index (χ2n) is 7.74. The maximum absolute atomic E-state index is 14.2. The summed E-state index contributed by atoms with van der Waals surface area (Å²) in [5.74, 6) is -6.54. The molecule has 0 saturated heterocycles. The van der Waals surface area contributed by atoms with E-state index in [0.717, 1.165) is 12.1 Å². The number of sulfone groups is 1. The van der Waals surface area contributed by atoms with Gasteiger partial charge in [-0.05, 0) is 54.4 Å². The van der Waals surface area contributed by atoms with Crippen molar-refractivity contribution in [3.63, 3.8) is 0 Å². The van der Waals surface area contributed by atoms with Crippen LogP contribution in [0.4, 0.5) is 19.0 Å². The SMILES string of the molecule is Cc1ncc(-c2ccnc(NC(=O)C3CC3(F)F)c2)cc1CS(=O)(=O)c1ccc(Cl)cc1F. The monoisotopic (exact) mass is 495 g/mol. The number of hydrogen-bond donors (Lipinski definition) is 1. The number of aryl methyl sites for hydroxylation is 1. The molecule has 1 aliphatic carbocycles. The zero-order valence-electron chi connectivity index (χ0n) is 17.1. The molecular weight excluding hydrogens is 479 g/mol. The van der Waals surface area contributed by atoms with Crippen molar-refractivity contribution in [3.05, 3.63) is 70.9 Å². The number of carbonyl (C=O) groups is 1. The van der Waals surface area contributed by atoms with Gasteiger partial charge in [-0.2, -0.15) is 0 Å². The van der Waals surface area contributed by atoms with Crippen LogP contribution in [0.1, 0.15) is 17.7 Å². The predicted octanol–water partition coefficient (Wildman–Crippen LogP) is 4.81. The average Bonchev–Trinajstić information content (AvgIpc) is 3.38. The van der Waals surface area contributed by atoms with Gasteiger partial charge in [-0.1, -0.05) is 11.6 Å². The van der Waals surface area contributed by atoms with Gasteiger partial charge in [0.15, 0.2) is 9.84 Å². The van der Waals surface area contributed by atoms with Crippen LogP contribution < -0.4 is 5.32 Å². The Bertz CT molecular complexity index is 1370. The number of amides is 1. The number of pyridine rings is 2. The fourth-order valence-corrected chi connectivity index (χ4v) is 4.93. The molecule has 0 spiro atoms. The lowest BCUT2D eigenvalue weighted by Gasteiger charge is -2.11. The topological polar surface area (TPSA) is 89.0 Å². The van der Waals surface area contributed by atoms with Gasteiger partial charge in [-0.3, -0.25) is 9.78 Å². The largest absolute Gasteiger partial charge is 0.310 e. The summed E-state index contributed by atoms with van der Waals surface area (Å²) in [6.45, 7) is 1.63. The summed E-state index contributed by atoms with van der Waals surface area (Å²) in [6.07, 6.45) is 2.39. The van der Waals surface area contributed by atoms with Crippen LogP contribution in [0.15, 0.2) is 53.7 Å². The van der Waals surface area contributed by atoms with Crippen molar-refractivity contribution in [1.29, 1.82) is 0 Å². The van der Waals surface area contributed by atoms with Crippen LogP contribution in [0.3, 0.4) is 0 Å². The summed E-state index contributed by atoms with van der Waals surface area (Å²) in [5, 5.41) is 2.45. The number of carbonyl (C=O) groups excluding carboxylic acids is 1. The molecule has 1 aliphatic rings. The second-order valence-corrected chi connectivity index (χ2v) is 10.1. The highest BCUT2D eigenvalue weighted by atomic mass is 35.5. The lowest BCUT2D eigenvalue weighted by atomic mass is 10.1. The first kappa shape index (κ1) is 23.2. The highest BCUT2D eigenvalue weighted by molar-refractivity contribution is 7.90. The van der Waals surface area contributed by atoms with Gasteiger partial charge in [-0.25, -0.2) is 26.6 Å². The normalized spacial score (nSPS) is 16.9. The number of aromatic nitrogens is 2. The molecule has 11 heteroatoms. The molecule has 0 bridgehead atoms. The van der Waals surface area contributed by atoms with Crippen molar-refractivity contribution in [2.75, 3.05) is 5.32 Å². The molecular formula is C22H17ClF3N3O3S. The van der Waals surface area contributed by atoms with E-state index in [0.29, 0.717) is 22.4 Å². The zero-order chi connectivity index (χ0) is 24.0. The van der Waals surface area contributed by atoms with Gasteiger partial charge in [0.2, 0.25) is 5.91 Å². The molecule has 0 aliphatic heterocycles. The third kappa shape index (κ3) is 5.01. The molecule has 1 unspecified atom stereocenters. The number of nitrogens with zero attached hydrogens (tertiary/aromatic N) is 2. The van der Waals surface area contributed by atoms with Gasteiger partial charge in [0.25, 0.3) is 5.92 Å². The van der Waals surface area contributed by atoms with E-state index in [1.54, 1.807) is 19.1 Å². The Balaban J connectivity index is 1.59. The molecule has 172 valence electrons. The molecule has 2 aromatic heterocycles. The second kappa shape index (κ2) is 8.42. The van der Waals surface area contributed by atoms with Crippen LogP contribution in [0, 0.1) is 18.7 Å². The number of halogens is 4. The number of hydrogen-bond acceptors (Lipinski definition) is 5. The number of anilines is 1. The Morgan fingerprint density at radius 1 is 1.18 bits per heavy atom. The molecule has 2 heterocycles. The summed E-state index contributed by atoms with van der Waals surface area (Å²) >= 11 is 5.71. The number of alkyl halides is 2. The maximum atomic E-state index is 14.2. The fourth-order valence-electron chi connectivity index (χ4n) is 3.28. The average molecular weight is 496 g/mol. The summed E-state index contributed by atoms with van der Waals surface area (Å²) in [7, 11) is -4.03. The minimum Gasteiger partial charge on any atom is -0.310 e. The first-order valence-corrected chi connectivity index (χ1v) is 11.8. The predicted molar refractivity (Wildman–Crippen MR) is 116 cm³/mol. The summed E-state index contributed by atoms with van der Waals surface area (Å²) in [5.41, 5.74) is 1.83. The van der Waals surface area contributed by atoms with Crippen molar-refractivity contribution in [2.24, 2.45) is 5.92 Å². The van der Waals surface area contributed by atoms with Crippen molar-refractivity contribution in [1.82, 2.24) is 9.97 Å². The standard InChI is InChI=1S/C22H17ClF3N3O3S/c1-12-15(11-33(31,32)19-3-2-16(23)8-18(19)24)6-14(10-28-12)13-4-5-27-20(7-13)29-21(30)17-9-22(17,25)26/h2-8,10,17H,9,11H2,1H3,(H,27,29,30). The first-order valence-electron chi connectivity index (χ1n) is 9.75. The van der Waals surface area contributed by atoms with Gasteiger partial charge < -0.3 is 5.32 Å². The van der Waals surface area contributed by atoms with Crippen molar-refractivity contribution in [3.8, 4) is 11.1 Å². The van der Waals surface area contributed by atoms with Crippen LogP contribution in [0.2, 0.25) is 5.02 Å². The van der Waals surface area contributed by atoms with Crippen LogP contribution in [0.25, 0.3) is 11.1 Å². The van der Waals surface area contributed by atoms with Crippen molar-refractivity contribution >= 4 is 33.2 Å². The quantitative estimate of drug-likeness (QED) is 0.530. The van der Waals surface area contributed by atoms with Crippen LogP contribution in [-0.2, 0) is 20.4 Å². The van der Waals surface area contributed by atoms with E-state index < -0.39 is 50.5 Å². The highest BCUT2D eigenvalue weighted by Gasteiger charge is 2.61. The van der Waals surface area contributed by atoms with E-state index in [4.69, 9.17) is 11.6 Å². The molecule has 3 aromatic rings. The Kier molecular flexibility index (Phi) is 5.92. The number of benzene rings is 1. The van der Waals surface area contributed by atoms with Gasteiger partial charge in [0, 0.05) is 35.1 Å². The Hall–Kier alpha value is -2.98. The number of nitrogens with one attached hydrogen (secondary N) is 1. The first-order chi connectivity index (χ1) is 15.5. The molecule has 33 heavy (non-hydrogen) atoms. The van der Waals surface area contributed by atoms with E-state index >= 15 is 0 Å². The lowest BCUT2D eigenvalue weighted by molar-refractivity contribution is -0.119. The smallest absolute Gasteiger partial charge is 0.260 e. The van der Waals surface area contributed by atoms with Gasteiger partial charge in [-0.15, -0.1) is 0 Å². The summed E-state index contributed by atoms with van der Waals surface area (Å²) in [6, 6.07) is 8.00. The van der Waals surface area contributed by atoms with Crippen LogP contribution in [0.5, 0.6) is 0 Å². The Labute approximate surface area is 192 Å². The van der Waals surface area contributed by atoms with Gasteiger partial charge >= 0.3 is 0 Å². The maximum Gasteiger partial charge on any atom is 0.260 e. The van der Waals surface area contributed by atoms with E-state index in [1.165, 1.54) is 24.5 Å². The molecule has 0 radical (unpaired) electrons. The molecule has 6 nitrogen and oxygen atoms in total. The Morgan fingerprint density at radius 3 is 2.58 bits per heavy atom. The minimum absolute atomic E-state index is 0.0808. The zero-order valence-corrected chi connectivity index (χ0v) is 18.7. The van der Waals surface area contributed by atoms with Crippen LogP contribution >= 0.6 is 11.6 Å². The Morgan fingerprint density at radius 2 is 1.91 bits per heavy atom. The van der Waals surface area contributed by atoms with E-state index in [1.807, 2.05) is 0 Å². The van der Waals surface area contributed by atoms with E-state index in [-0.39, 0.29) is 10.8 Å². The molecule has 1 aromatic carbocycles. The molecule has 4 rings (SSSR count). The third-order valence-corrected chi connectivity index (χ3v) is 7.18. The van der Waals surface area contributed by atoms with E-state index in [2.05, 4.69) is 15.3 Å². The lowest BCUT2D eigenvalue weighted by Crippen LogP contribution is -2.18. The fraction of sp³-hybridized carbons (Fsp3) is 0.227. The van der Waals surface area contributed by atoms with Crippen LogP contribution in [-0.4, -0.2) is 30.2 Å². The van der Waals surface area contributed by atoms with Crippen molar-refractivity contribution < 1.29 is 26.4 Å². The van der Waals surface area contributed by atoms with Crippen molar-refractivity contribution in [2.45, 2.75) is 29.9 Å². The molecule has 1 atom stereocenters. The highest BCUT2D eigenvalue weighted by Crippen LogP contribution is 2.49. The summed E-state index contributed by atoms with van der Waals surface area (Å²) in [4.78, 5) is 19.7. The molecule has 1 fully saturated rings. The summed E-state index contributed by atoms with van der Waals surface area (Å²) < 4.78 is 66.0. The third-order valence-electron chi connectivity index (χ3n) is 5.25. The molecule has 1 saturated carbocycles. The van der Waals surface area contributed by atoms with E-state index in [9.17, 15) is 26.4 Å². The molecule has 1 N–H and O–H groups in total. The number of rotatable bonds is 6. The van der Waals surface area contributed by atoms with Gasteiger partial charge in [0.05, 0.1) is 5.75 Å². The minimum atomic E-state index is -4.03. The molecule has 1 amide bonds. The van der Waals surface area contributed by atoms with Gasteiger partial charge in [0.1, 0.15) is 22.4 Å².